The normalized spacial score (nSPS) is 16.1. The molecule has 1 amide bonds. The number of carbonyl (C=O) groups excluding carboxylic acids is 1. The second kappa shape index (κ2) is 4.61. The molecular weight excluding hydrogens is 223 g/mol. The Hall–Kier alpha value is -1.78. The van der Waals surface area contributed by atoms with E-state index in [0.717, 1.165) is 6.07 Å². The van der Waals surface area contributed by atoms with Gasteiger partial charge >= 0.3 is 0 Å². The van der Waals surface area contributed by atoms with Gasteiger partial charge in [0, 0.05) is 39.2 Å². The lowest BCUT2D eigenvalue weighted by atomic mass is 10.2. The zero-order valence-electron chi connectivity index (χ0n) is 9.69. The lowest BCUT2D eigenvalue weighted by Gasteiger charge is -2.35. The number of piperazine rings is 1. The van der Waals surface area contributed by atoms with E-state index in [1.54, 1.807) is 11.0 Å². The summed E-state index contributed by atoms with van der Waals surface area (Å²) in [7, 11) is 0. The summed E-state index contributed by atoms with van der Waals surface area (Å²) in [6, 6.07) is 4.14. The van der Waals surface area contributed by atoms with Gasteiger partial charge in [-0.1, -0.05) is 0 Å². The summed E-state index contributed by atoms with van der Waals surface area (Å²) in [5.41, 5.74) is 0.478. The highest BCUT2D eigenvalue weighted by Crippen LogP contribution is 2.24. The number of halogens is 1. The molecule has 5 heteroatoms. The monoisotopic (exact) mass is 238 g/mol. The third-order valence-corrected chi connectivity index (χ3v) is 3.00. The number of benzene rings is 1. The second-order valence-electron chi connectivity index (χ2n) is 4.13. The number of carbonyl (C=O) groups is 1. The van der Waals surface area contributed by atoms with E-state index in [1.807, 2.05) is 4.90 Å². The van der Waals surface area contributed by atoms with Gasteiger partial charge in [-0.3, -0.25) is 4.79 Å². The molecule has 92 valence electrons. The molecule has 1 heterocycles. The summed E-state index contributed by atoms with van der Waals surface area (Å²) in [6.07, 6.45) is 0. The van der Waals surface area contributed by atoms with Crippen molar-refractivity contribution in [1.29, 1.82) is 0 Å². The van der Waals surface area contributed by atoms with Crippen molar-refractivity contribution in [1.82, 2.24) is 4.90 Å². The maximum absolute atomic E-state index is 13.6. The average Bonchev–Trinajstić information content (AvgIpc) is 2.29. The topological polar surface area (TPSA) is 43.8 Å². The van der Waals surface area contributed by atoms with E-state index >= 15 is 0 Å². The van der Waals surface area contributed by atoms with Crippen LogP contribution in [0, 0.1) is 5.82 Å². The number of phenols is 1. The van der Waals surface area contributed by atoms with E-state index in [4.69, 9.17) is 5.11 Å². The number of aromatic hydroxyl groups is 1. The SMILES string of the molecule is CC(=O)N1CCN(c2ccc(O)cc2F)CC1. The standard InChI is InChI=1S/C12H15FN2O2/c1-9(16)14-4-6-15(7-5-14)12-3-2-10(17)8-11(12)13/h2-3,8,17H,4-7H2,1H3. The summed E-state index contributed by atoms with van der Waals surface area (Å²) < 4.78 is 13.6. The molecule has 2 rings (SSSR count). The van der Waals surface area contributed by atoms with Crippen molar-refractivity contribution in [3.8, 4) is 5.75 Å². The van der Waals surface area contributed by atoms with Crippen LogP contribution in [0.3, 0.4) is 0 Å². The van der Waals surface area contributed by atoms with E-state index < -0.39 is 5.82 Å². The Morgan fingerprint density at radius 1 is 1.29 bits per heavy atom. The molecule has 1 aliphatic rings. The van der Waals surface area contributed by atoms with E-state index in [2.05, 4.69) is 0 Å². The van der Waals surface area contributed by atoms with Gasteiger partial charge in [-0.15, -0.1) is 0 Å². The van der Waals surface area contributed by atoms with Crippen LogP contribution >= 0.6 is 0 Å². The predicted octanol–water partition coefficient (Wildman–Crippen LogP) is 1.20. The number of anilines is 1. The Labute approximate surface area is 99.3 Å². The molecule has 0 saturated carbocycles. The first kappa shape index (κ1) is 11.7. The van der Waals surface area contributed by atoms with Crippen LogP contribution in [0.25, 0.3) is 0 Å². The Kier molecular flexibility index (Phi) is 3.17. The average molecular weight is 238 g/mol. The Morgan fingerprint density at radius 3 is 2.47 bits per heavy atom. The lowest BCUT2D eigenvalue weighted by Crippen LogP contribution is -2.48. The molecule has 4 nitrogen and oxygen atoms in total. The van der Waals surface area contributed by atoms with Gasteiger partial charge in [0.05, 0.1) is 5.69 Å². The summed E-state index contributed by atoms with van der Waals surface area (Å²) in [4.78, 5) is 14.8. The highest BCUT2D eigenvalue weighted by atomic mass is 19.1. The molecule has 0 unspecified atom stereocenters. The van der Waals surface area contributed by atoms with Gasteiger partial charge in [0.25, 0.3) is 0 Å². The summed E-state index contributed by atoms with van der Waals surface area (Å²) in [5, 5.41) is 9.14. The zero-order valence-corrected chi connectivity index (χ0v) is 9.69. The maximum Gasteiger partial charge on any atom is 0.219 e. The fourth-order valence-corrected chi connectivity index (χ4v) is 2.01. The maximum atomic E-state index is 13.6. The van der Waals surface area contributed by atoms with Crippen LogP contribution in [0.5, 0.6) is 5.75 Å². The molecule has 0 radical (unpaired) electrons. The summed E-state index contributed by atoms with van der Waals surface area (Å²) in [6.45, 7) is 3.98. The summed E-state index contributed by atoms with van der Waals surface area (Å²) in [5.74, 6) is -0.453. The fraction of sp³-hybridized carbons (Fsp3) is 0.417. The van der Waals surface area contributed by atoms with Crippen LogP contribution in [-0.4, -0.2) is 42.1 Å². The molecule has 17 heavy (non-hydrogen) atoms. The fourth-order valence-electron chi connectivity index (χ4n) is 2.01. The number of hydrogen-bond donors (Lipinski definition) is 1. The van der Waals surface area contributed by atoms with Gasteiger partial charge in [-0.05, 0) is 12.1 Å². The van der Waals surface area contributed by atoms with E-state index in [0.29, 0.717) is 31.9 Å². The van der Waals surface area contributed by atoms with Gasteiger partial charge in [0.15, 0.2) is 0 Å². The molecule has 1 aromatic carbocycles. The molecule has 0 aliphatic carbocycles. The molecule has 1 aromatic rings. The van der Waals surface area contributed by atoms with Gasteiger partial charge in [0.2, 0.25) is 5.91 Å². The number of rotatable bonds is 1. The molecule has 1 fully saturated rings. The lowest BCUT2D eigenvalue weighted by molar-refractivity contribution is -0.129. The predicted molar refractivity (Wildman–Crippen MR) is 62.5 cm³/mol. The first-order chi connectivity index (χ1) is 8.08. The Bertz CT molecular complexity index is 429. The first-order valence-electron chi connectivity index (χ1n) is 5.57. The van der Waals surface area contributed by atoms with Crippen molar-refractivity contribution in [3.63, 3.8) is 0 Å². The smallest absolute Gasteiger partial charge is 0.219 e. The van der Waals surface area contributed by atoms with Crippen LogP contribution in [0.2, 0.25) is 0 Å². The Morgan fingerprint density at radius 2 is 1.94 bits per heavy atom. The van der Waals surface area contributed by atoms with Crippen LogP contribution < -0.4 is 4.90 Å². The number of amides is 1. The van der Waals surface area contributed by atoms with Crippen molar-refractivity contribution in [2.24, 2.45) is 0 Å². The molecule has 1 aliphatic heterocycles. The highest BCUT2D eigenvalue weighted by Gasteiger charge is 2.20. The molecule has 0 atom stereocenters. The minimum atomic E-state index is -0.429. The molecule has 0 bridgehead atoms. The van der Waals surface area contributed by atoms with Crippen LogP contribution in [0.15, 0.2) is 18.2 Å². The van der Waals surface area contributed by atoms with Crippen LogP contribution in [-0.2, 0) is 4.79 Å². The molecule has 1 N–H and O–H groups in total. The first-order valence-corrected chi connectivity index (χ1v) is 5.57. The zero-order chi connectivity index (χ0) is 12.4. The quantitative estimate of drug-likeness (QED) is 0.799. The van der Waals surface area contributed by atoms with Gasteiger partial charge in [0.1, 0.15) is 11.6 Å². The largest absolute Gasteiger partial charge is 0.508 e. The van der Waals surface area contributed by atoms with Gasteiger partial charge in [-0.25, -0.2) is 4.39 Å². The molecule has 0 aromatic heterocycles. The minimum absolute atomic E-state index is 0.0517. The van der Waals surface area contributed by atoms with Crippen molar-refractivity contribution in [2.75, 3.05) is 31.1 Å². The third-order valence-electron chi connectivity index (χ3n) is 3.00. The van der Waals surface area contributed by atoms with Gasteiger partial charge < -0.3 is 14.9 Å². The van der Waals surface area contributed by atoms with Crippen molar-refractivity contribution in [2.45, 2.75) is 6.92 Å². The Balaban J connectivity index is 2.08. The minimum Gasteiger partial charge on any atom is -0.508 e. The van der Waals surface area contributed by atoms with Crippen molar-refractivity contribution in [3.05, 3.63) is 24.0 Å². The van der Waals surface area contributed by atoms with Gasteiger partial charge in [-0.2, -0.15) is 0 Å². The number of nitrogens with zero attached hydrogens (tertiary/aromatic N) is 2. The third kappa shape index (κ3) is 2.49. The van der Waals surface area contributed by atoms with Crippen molar-refractivity contribution < 1.29 is 14.3 Å². The molecular formula is C12H15FN2O2. The molecule has 0 spiro atoms. The van der Waals surface area contributed by atoms with E-state index in [9.17, 15) is 9.18 Å². The van der Waals surface area contributed by atoms with Crippen LogP contribution in [0.1, 0.15) is 6.92 Å². The van der Waals surface area contributed by atoms with Crippen LogP contribution in [0.4, 0.5) is 10.1 Å². The highest BCUT2D eigenvalue weighted by molar-refractivity contribution is 5.73. The molecule has 1 saturated heterocycles. The second-order valence-corrected chi connectivity index (χ2v) is 4.13. The van der Waals surface area contributed by atoms with E-state index in [1.165, 1.54) is 13.0 Å². The van der Waals surface area contributed by atoms with Crippen molar-refractivity contribution >= 4 is 11.6 Å². The number of phenolic OH excluding ortho intramolecular Hbond substituents is 1. The summed E-state index contributed by atoms with van der Waals surface area (Å²) >= 11 is 0. The number of hydrogen-bond acceptors (Lipinski definition) is 3. The van der Waals surface area contributed by atoms with E-state index in [-0.39, 0.29) is 11.7 Å².